The maximum absolute atomic E-state index is 13.2. The van der Waals surface area contributed by atoms with Crippen molar-refractivity contribution >= 4 is 11.3 Å². The zero-order valence-electron chi connectivity index (χ0n) is 13.5. The Balaban J connectivity index is 1.73. The highest BCUT2D eigenvalue weighted by molar-refractivity contribution is 5.73. The van der Waals surface area contributed by atoms with Gasteiger partial charge in [-0.1, -0.05) is 13.0 Å². The van der Waals surface area contributed by atoms with Crippen molar-refractivity contribution in [3.63, 3.8) is 0 Å². The number of anilines is 1. The molecular weight excluding hydrogens is 303 g/mol. The molecular formula is C20H19FN2O. The average molecular weight is 322 g/mol. The van der Waals surface area contributed by atoms with E-state index in [1.54, 1.807) is 18.2 Å². The van der Waals surface area contributed by atoms with E-state index in [2.05, 4.69) is 16.8 Å². The molecule has 1 N–H and O–H groups in total. The minimum atomic E-state index is -0.226. The van der Waals surface area contributed by atoms with Crippen molar-refractivity contribution in [3.8, 4) is 0 Å². The summed E-state index contributed by atoms with van der Waals surface area (Å²) in [5, 5.41) is 10.3. The van der Waals surface area contributed by atoms with E-state index < -0.39 is 0 Å². The van der Waals surface area contributed by atoms with Crippen LogP contribution in [0.5, 0.6) is 0 Å². The molecule has 24 heavy (non-hydrogen) atoms. The van der Waals surface area contributed by atoms with Gasteiger partial charge < -0.3 is 10.0 Å². The number of halogens is 1. The van der Waals surface area contributed by atoms with Crippen LogP contribution in [0.1, 0.15) is 30.2 Å². The molecule has 1 aliphatic heterocycles. The first kappa shape index (κ1) is 14.9. The van der Waals surface area contributed by atoms with Gasteiger partial charge >= 0.3 is 0 Å². The van der Waals surface area contributed by atoms with E-state index in [4.69, 9.17) is 0 Å². The van der Waals surface area contributed by atoms with Gasteiger partial charge in [0.05, 0.1) is 5.69 Å². The van der Waals surface area contributed by atoms with Gasteiger partial charge in [-0.2, -0.15) is 0 Å². The standard InChI is InChI=1S/C20H19FN2O/c1-13-3-2-4-18(24)19(13)20-17-12-23(11-14(17)9-10-22-20)16-7-5-15(21)6-8-16/h2,4-10,13,24H,3,11-12H2,1H3. The third kappa shape index (κ3) is 2.48. The quantitative estimate of drug-likeness (QED) is 0.877. The molecule has 4 heteroatoms. The van der Waals surface area contributed by atoms with Crippen LogP contribution in [-0.2, 0) is 13.1 Å². The van der Waals surface area contributed by atoms with Crippen molar-refractivity contribution in [2.75, 3.05) is 4.90 Å². The number of fused-ring (bicyclic) bond motifs is 1. The SMILES string of the molecule is CC1CC=CC(O)=C1c1nccc2c1CN(c1ccc(F)cc1)C2. The summed E-state index contributed by atoms with van der Waals surface area (Å²) < 4.78 is 13.2. The van der Waals surface area contributed by atoms with Crippen LogP contribution in [0.3, 0.4) is 0 Å². The molecule has 2 heterocycles. The molecule has 4 rings (SSSR count). The van der Waals surface area contributed by atoms with Crippen molar-refractivity contribution in [1.29, 1.82) is 0 Å². The van der Waals surface area contributed by atoms with E-state index in [0.29, 0.717) is 5.76 Å². The lowest BCUT2D eigenvalue weighted by molar-refractivity contribution is 0.425. The van der Waals surface area contributed by atoms with E-state index in [9.17, 15) is 9.50 Å². The molecule has 0 spiro atoms. The highest BCUT2D eigenvalue weighted by Gasteiger charge is 2.27. The van der Waals surface area contributed by atoms with E-state index in [1.165, 1.54) is 17.7 Å². The average Bonchev–Trinajstić information content (AvgIpc) is 3.00. The topological polar surface area (TPSA) is 36.4 Å². The summed E-state index contributed by atoms with van der Waals surface area (Å²) in [6.07, 6.45) is 6.49. The zero-order valence-corrected chi connectivity index (χ0v) is 13.5. The number of benzene rings is 1. The largest absolute Gasteiger partial charge is 0.508 e. The summed E-state index contributed by atoms with van der Waals surface area (Å²) in [5.41, 5.74) is 5.19. The maximum Gasteiger partial charge on any atom is 0.123 e. The molecule has 122 valence electrons. The van der Waals surface area contributed by atoms with Crippen LogP contribution >= 0.6 is 0 Å². The molecule has 1 atom stereocenters. The van der Waals surface area contributed by atoms with Crippen molar-refractivity contribution in [3.05, 3.63) is 77.1 Å². The van der Waals surface area contributed by atoms with Crippen molar-refractivity contribution in [1.82, 2.24) is 4.98 Å². The summed E-state index contributed by atoms with van der Waals surface area (Å²) in [6, 6.07) is 8.61. The van der Waals surface area contributed by atoms with Gasteiger partial charge in [0.1, 0.15) is 11.6 Å². The van der Waals surface area contributed by atoms with Gasteiger partial charge in [-0.05, 0) is 54.3 Å². The number of allylic oxidation sites excluding steroid dienone is 3. The fourth-order valence-electron chi connectivity index (χ4n) is 3.57. The Morgan fingerprint density at radius 2 is 1.96 bits per heavy atom. The molecule has 0 amide bonds. The van der Waals surface area contributed by atoms with Gasteiger partial charge in [-0.3, -0.25) is 4.98 Å². The summed E-state index contributed by atoms with van der Waals surface area (Å²) in [7, 11) is 0. The Bertz CT molecular complexity index is 839. The highest BCUT2D eigenvalue weighted by atomic mass is 19.1. The lowest BCUT2D eigenvalue weighted by Gasteiger charge is -2.21. The summed E-state index contributed by atoms with van der Waals surface area (Å²) in [4.78, 5) is 6.78. The predicted octanol–water partition coefficient (Wildman–Crippen LogP) is 4.61. The molecule has 3 nitrogen and oxygen atoms in total. The number of aromatic nitrogens is 1. The number of rotatable bonds is 2. The molecule has 2 aromatic rings. The highest BCUT2D eigenvalue weighted by Crippen LogP contribution is 2.37. The summed E-state index contributed by atoms with van der Waals surface area (Å²) >= 11 is 0. The molecule has 0 saturated carbocycles. The number of pyridine rings is 1. The van der Waals surface area contributed by atoms with Crippen molar-refractivity contribution in [2.24, 2.45) is 5.92 Å². The van der Waals surface area contributed by atoms with Crippen LogP contribution in [0.15, 0.2) is 54.4 Å². The molecule has 1 aromatic carbocycles. The second kappa shape index (κ2) is 5.78. The van der Waals surface area contributed by atoms with Gasteiger partial charge in [0, 0.05) is 36.1 Å². The van der Waals surface area contributed by atoms with E-state index in [-0.39, 0.29) is 11.7 Å². The summed E-state index contributed by atoms with van der Waals surface area (Å²) in [6.45, 7) is 3.61. The molecule has 1 aliphatic carbocycles. The second-order valence-corrected chi connectivity index (χ2v) is 6.47. The van der Waals surface area contributed by atoms with Crippen LogP contribution < -0.4 is 4.90 Å². The Morgan fingerprint density at radius 1 is 1.17 bits per heavy atom. The summed E-state index contributed by atoms with van der Waals surface area (Å²) in [5.74, 6) is 0.333. The molecule has 0 bridgehead atoms. The van der Waals surface area contributed by atoms with Crippen molar-refractivity contribution < 1.29 is 9.50 Å². The van der Waals surface area contributed by atoms with Crippen LogP contribution in [0.25, 0.3) is 5.57 Å². The van der Waals surface area contributed by atoms with Crippen molar-refractivity contribution in [2.45, 2.75) is 26.4 Å². The van der Waals surface area contributed by atoms with Crippen LogP contribution in [0, 0.1) is 11.7 Å². The van der Waals surface area contributed by atoms with Crippen LogP contribution in [0.2, 0.25) is 0 Å². The maximum atomic E-state index is 13.2. The fourth-order valence-corrected chi connectivity index (χ4v) is 3.57. The Hall–Kier alpha value is -2.62. The van der Waals surface area contributed by atoms with Gasteiger partial charge in [-0.15, -0.1) is 0 Å². The lowest BCUT2D eigenvalue weighted by atomic mass is 9.87. The van der Waals surface area contributed by atoms with Crippen LogP contribution in [0.4, 0.5) is 10.1 Å². The number of aliphatic hydroxyl groups excluding tert-OH is 1. The van der Waals surface area contributed by atoms with Gasteiger partial charge in [0.25, 0.3) is 0 Å². The van der Waals surface area contributed by atoms with E-state index in [0.717, 1.165) is 42.0 Å². The van der Waals surface area contributed by atoms with Crippen LogP contribution in [-0.4, -0.2) is 10.1 Å². The third-order valence-corrected chi connectivity index (χ3v) is 4.84. The number of aliphatic hydroxyl groups is 1. The van der Waals surface area contributed by atoms with E-state index in [1.807, 2.05) is 18.3 Å². The normalized spacial score (nSPS) is 19.8. The minimum Gasteiger partial charge on any atom is -0.508 e. The lowest BCUT2D eigenvalue weighted by Crippen LogP contribution is -2.15. The molecule has 2 aliphatic rings. The van der Waals surface area contributed by atoms with Gasteiger partial charge in [0.2, 0.25) is 0 Å². The fraction of sp³-hybridized carbons (Fsp3) is 0.250. The third-order valence-electron chi connectivity index (χ3n) is 4.84. The number of hydrogen-bond donors (Lipinski definition) is 1. The Morgan fingerprint density at radius 3 is 2.71 bits per heavy atom. The van der Waals surface area contributed by atoms with Gasteiger partial charge in [0.15, 0.2) is 0 Å². The number of hydrogen-bond acceptors (Lipinski definition) is 3. The Kier molecular flexibility index (Phi) is 3.60. The first-order valence-corrected chi connectivity index (χ1v) is 8.21. The molecule has 0 radical (unpaired) electrons. The molecule has 0 saturated heterocycles. The zero-order chi connectivity index (χ0) is 16.7. The number of nitrogens with zero attached hydrogens (tertiary/aromatic N) is 2. The molecule has 1 aromatic heterocycles. The first-order chi connectivity index (χ1) is 11.6. The monoisotopic (exact) mass is 322 g/mol. The smallest absolute Gasteiger partial charge is 0.123 e. The molecule has 1 unspecified atom stereocenters. The minimum absolute atomic E-state index is 0.226. The van der Waals surface area contributed by atoms with Gasteiger partial charge in [-0.25, -0.2) is 4.39 Å². The molecule has 0 fully saturated rings. The van der Waals surface area contributed by atoms with E-state index >= 15 is 0 Å². The Labute approximate surface area is 140 Å². The predicted molar refractivity (Wildman–Crippen MR) is 93.0 cm³/mol. The second-order valence-electron chi connectivity index (χ2n) is 6.47. The first-order valence-electron chi connectivity index (χ1n) is 8.21.